The van der Waals surface area contributed by atoms with Crippen molar-refractivity contribution >= 4 is 6.16 Å². The first-order chi connectivity index (χ1) is 5.33. The highest BCUT2D eigenvalue weighted by Gasteiger charge is 2.06. The number of nitrogens with zero attached hydrogens (tertiary/aromatic N) is 2. The lowest BCUT2D eigenvalue weighted by molar-refractivity contribution is 0.101. The van der Waals surface area contributed by atoms with Gasteiger partial charge in [-0.05, 0) is 6.92 Å². The smallest absolute Gasteiger partial charge is 0.434 e. The average molecular weight is 157 g/mol. The molecule has 0 spiro atoms. The van der Waals surface area contributed by atoms with Crippen LogP contribution in [0.15, 0.2) is 6.33 Å². The zero-order chi connectivity index (χ0) is 8.10. The van der Waals surface area contributed by atoms with Crippen LogP contribution in [0.3, 0.4) is 0 Å². The number of carbonyl (C=O) groups excluding carboxylic acids is 1. The van der Waals surface area contributed by atoms with Crippen molar-refractivity contribution in [2.45, 2.75) is 6.92 Å². The van der Waals surface area contributed by atoms with Crippen molar-refractivity contribution in [1.29, 1.82) is 0 Å². The molecule has 60 valence electrons. The van der Waals surface area contributed by atoms with Crippen LogP contribution in [0.1, 0.15) is 6.92 Å². The second-order valence-corrected chi connectivity index (χ2v) is 1.57. The highest BCUT2D eigenvalue weighted by Crippen LogP contribution is 1.97. The highest BCUT2D eigenvalue weighted by molar-refractivity contribution is 5.62. The summed E-state index contributed by atoms with van der Waals surface area (Å²) in [6, 6.07) is -0.0385. The van der Waals surface area contributed by atoms with Gasteiger partial charge in [-0.15, -0.1) is 5.10 Å². The van der Waals surface area contributed by atoms with Crippen LogP contribution in [0.2, 0.25) is 0 Å². The molecular formula is C5H7N3O3. The molecule has 6 heteroatoms. The number of carbonyl (C=O) groups is 1. The lowest BCUT2D eigenvalue weighted by atomic mass is 10.9. The Morgan fingerprint density at radius 2 is 2.64 bits per heavy atom. The number of H-pyrrole nitrogens is 1. The quantitative estimate of drug-likeness (QED) is 0.626. The van der Waals surface area contributed by atoms with Crippen LogP contribution in [-0.4, -0.2) is 27.9 Å². The predicted molar refractivity (Wildman–Crippen MR) is 34.0 cm³/mol. The molecule has 0 atom stereocenters. The fraction of sp³-hybridized carbons (Fsp3) is 0.400. The van der Waals surface area contributed by atoms with E-state index < -0.39 is 6.16 Å². The summed E-state index contributed by atoms with van der Waals surface area (Å²) in [5, 5.41) is 5.86. The SMILES string of the molecule is CCOC(=O)Oc1nc[nH]n1. The summed E-state index contributed by atoms with van der Waals surface area (Å²) in [7, 11) is 0. The van der Waals surface area contributed by atoms with Crippen LogP contribution in [-0.2, 0) is 4.74 Å². The highest BCUT2D eigenvalue weighted by atomic mass is 16.7. The lowest BCUT2D eigenvalue weighted by Crippen LogP contribution is -2.10. The van der Waals surface area contributed by atoms with Crippen LogP contribution < -0.4 is 4.74 Å². The second kappa shape index (κ2) is 3.55. The van der Waals surface area contributed by atoms with Crippen molar-refractivity contribution in [1.82, 2.24) is 15.2 Å². The molecule has 11 heavy (non-hydrogen) atoms. The minimum absolute atomic E-state index is 0.0385. The summed E-state index contributed by atoms with van der Waals surface area (Å²) in [4.78, 5) is 14.1. The molecule has 6 nitrogen and oxygen atoms in total. The molecule has 0 saturated carbocycles. The molecule has 0 fully saturated rings. The molecule has 0 aromatic carbocycles. The van der Waals surface area contributed by atoms with Crippen molar-refractivity contribution in [2.24, 2.45) is 0 Å². The van der Waals surface area contributed by atoms with Gasteiger partial charge in [-0.2, -0.15) is 4.98 Å². The van der Waals surface area contributed by atoms with E-state index in [-0.39, 0.29) is 12.6 Å². The Hall–Kier alpha value is -1.59. The fourth-order valence-corrected chi connectivity index (χ4v) is 0.468. The molecule has 0 saturated heterocycles. The van der Waals surface area contributed by atoms with Crippen molar-refractivity contribution in [3.63, 3.8) is 0 Å². The van der Waals surface area contributed by atoms with E-state index in [4.69, 9.17) is 0 Å². The molecule has 0 radical (unpaired) electrons. The molecule has 1 heterocycles. The number of ether oxygens (including phenoxy) is 2. The van der Waals surface area contributed by atoms with Gasteiger partial charge in [0.25, 0.3) is 0 Å². The van der Waals surface area contributed by atoms with Crippen LogP contribution in [0.25, 0.3) is 0 Å². The Kier molecular flexibility index (Phi) is 2.42. The lowest BCUT2D eigenvalue weighted by Gasteiger charge is -1.97. The van der Waals surface area contributed by atoms with Crippen molar-refractivity contribution in [2.75, 3.05) is 6.61 Å². The van der Waals surface area contributed by atoms with E-state index >= 15 is 0 Å². The van der Waals surface area contributed by atoms with Crippen LogP contribution in [0.4, 0.5) is 4.79 Å². The first-order valence-electron chi connectivity index (χ1n) is 3.03. The maximum Gasteiger partial charge on any atom is 0.516 e. The first-order valence-corrected chi connectivity index (χ1v) is 3.03. The van der Waals surface area contributed by atoms with E-state index in [0.717, 1.165) is 0 Å². The third kappa shape index (κ3) is 2.24. The molecule has 0 aliphatic carbocycles. The van der Waals surface area contributed by atoms with Gasteiger partial charge >= 0.3 is 12.2 Å². The Balaban J connectivity index is 2.37. The predicted octanol–water partition coefficient (Wildman–Crippen LogP) is 0.340. The van der Waals surface area contributed by atoms with Crippen LogP contribution >= 0.6 is 0 Å². The van der Waals surface area contributed by atoms with Gasteiger partial charge in [0.1, 0.15) is 6.33 Å². The van der Waals surface area contributed by atoms with Gasteiger partial charge in [0.15, 0.2) is 0 Å². The first kappa shape index (κ1) is 7.52. The summed E-state index contributed by atoms with van der Waals surface area (Å²) in [5.41, 5.74) is 0. The van der Waals surface area contributed by atoms with E-state index in [1.54, 1.807) is 6.92 Å². The third-order valence-electron chi connectivity index (χ3n) is 0.830. The summed E-state index contributed by atoms with van der Waals surface area (Å²) < 4.78 is 8.94. The number of rotatable bonds is 2. The zero-order valence-electron chi connectivity index (χ0n) is 5.90. The Bertz CT molecular complexity index is 221. The third-order valence-corrected chi connectivity index (χ3v) is 0.830. The number of aromatic amines is 1. The molecular weight excluding hydrogens is 150 g/mol. The summed E-state index contributed by atoms with van der Waals surface area (Å²) >= 11 is 0. The van der Waals surface area contributed by atoms with Gasteiger partial charge in [0.2, 0.25) is 0 Å². The molecule has 0 bridgehead atoms. The number of hydrogen-bond acceptors (Lipinski definition) is 5. The molecule has 0 aliphatic rings. The van der Waals surface area contributed by atoms with Crippen molar-refractivity contribution in [3.8, 4) is 6.01 Å². The van der Waals surface area contributed by atoms with E-state index in [1.165, 1.54) is 6.33 Å². The van der Waals surface area contributed by atoms with Gasteiger partial charge in [-0.1, -0.05) is 0 Å². The maximum atomic E-state index is 10.6. The second-order valence-electron chi connectivity index (χ2n) is 1.57. The van der Waals surface area contributed by atoms with E-state index in [1.807, 2.05) is 0 Å². The molecule has 1 rings (SSSR count). The summed E-state index contributed by atoms with van der Waals surface area (Å²) in [6.45, 7) is 1.95. The number of aromatic nitrogens is 3. The average Bonchev–Trinajstić information content (AvgIpc) is 2.40. The standard InChI is InChI=1S/C5H7N3O3/c1-2-10-5(9)11-4-6-3-7-8-4/h3H,2H2,1H3,(H,6,7,8). The van der Waals surface area contributed by atoms with Crippen molar-refractivity contribution in [3.05, 3.63) is 6.33 Å². The van der Waals surface area contributed by atoms with Gasteiger partial charge in [-0.3, -0.25) is 5.10 Å². The van der Waals surface area contributed by atoms with E-state index in [2.05, 4.69) is 24.7 Å². The van der Waals surface area contributed by atoms with Crippen LogP contribution in [0.5, 0.6) is 6.01 Å². The minimum atomic E-state index is -0.799. The molecule has 1 aromatic heterocycles. The van der Waals surface area contributed by atoms with E-state index in [9.17, 15) is 4.79 Å². The summed E-state index contributed by atoms with van der Waals surface area (Å²) in [5.74, 6) is 0. The number of hydrogen-bond donors (Lipinski definition) is 1. The van der Waals surface area contributed by atoms with E-state index in [0.29, 0.717) is 0 Å². The Morgan fingerprint density at radius 3 is 3.18 bits per heavy atom. The Morgan fingerprint density at radius 1 is 1.82 bits per heavy atom. The fourth-order valence-electron chi connectivity index (χ4n) is 0.468. The van der Waals surface area contributed by atoms with Gasteiger partial charge in [0.05, 0.1) is 6.61 Å². The molecule has 0 unspecified atom stereocenters. The largest absolute Gasteiger partial charge is 0.516 e. The topological polar surface area (TPSA) is 77.1 Å². The molecule has 0 aliphatic heterocycles. The maximum absolute atomic E-state index is 10.6. The van der Waals surface area contributed by atoms with Gasteiger partial charge in [0, 0.05) is 0 Å². The normalized spacial score (nSPS) is 9.18. The monoisotopic (exact) mass is 157 g/mol. The number of nitrogens with one attached hydrogen (secondary N) is 1. The van der Waals surface area contributed by atoms with Gasteiger partial charge in [-0.25, -0.2) is 4.79 Å². The zero-order valence-corrected chi connectivity index (χ0v) is 5.90. The molecule has 1 aromatic rings. The molecule has 0 amide bonds. The Labute approximate surface area is 62.5 Å². The van der Waals surface area contributed by atoms with Crippen LogP contribution in [0, 0.1) is 0 Å². The molecule has 1 N–H and O–H groups in total. The minimum Gasteiger partial charge on any atom is -0.434 e. The summed E-state index contributed by atoms with van der Waals surface area (Å²) in [6.07, 6.45) is 0.501. The van der Waals surface area contributed by atoms with Crippen molar-refractivity contribution < 1.29 is 14.3 Å². The van der Waals surface area contributed by atoms with Gasteiger partial charge < -0.3 is 9.47 Å².